The van der Waals surface area contributed by atoms with E-state index in [2.05, 4.69) is 15.6 Å². The molecule has 2 rings (SSSR count). The molecule has 0 atom stereocenters. The molecule has 0 aliphatic carbocycles. The molecule has 0 saturated carbocycles. The number of sulfonamides is 1. The van der Waals surface area contributed by atoms with Crippen LogP contribution in [-0.4, -0.2) is 55.3 Å². The third-order valence-corrected chi connectivity index (χ3v) is 5.00. The number of hydrogen-bond donors (Lipinski definition) is 4. The number of carboxylic acids is 1. The SMILES string of the molecule is CCNC(=O)c1ccc(S(=O)(=O)NC(=O)c2ccc(C(=O)NCC(=O)O)nc2)cc1. The van der Waals surface area contributed by atoms with Gasteiger partial charge in [-0.1, -0.05) is 0 Å². The predicted molar refractivity (Wildman–Crippen MR) is 103 cm³/mol. The first-order valence-corrected chi connectivity index (χ1v) is 10.0. The highest BCUT2D eigenvalue weighted by Crippen LogP contribution is 2.12. The first kappa shape index (κ1) is 22.5. The van der Waals surface area contributed by atoms with E-state index in [1.54, 1.807) is 6.92 Å². The standard InChI is InChI=1S/C18H18N4O7S/c1-2-19-16(25)11-3-6-13(7-4-11)30(28,29)22-17(26)12-5-8-14(20-9-12)18(27)21-10-15(23)24/h3-9H,2,10H2,1H3,(H,19,25)(H,21,27)(H,22,26)(H,23,24). The molecule has 2 aromatic rings. The number of pyridine rings is 1. The minimum atomic E-state index is -4.21. The number of aliphatic carboxylic acids is 1. The van der Waals surface area contributed by atoms with Gasteiger partial charge in [0.25, 0.3) is 27.7 Å². The van der Waals surface area contributed by atoms with Crippen molar-refractivity contribution in [1.29, 1.82) is 0 Å². The average molecular weight is 434 g/mol. The van der Waals surface area contributed by atoms with Gasteiger partial charge in [-0.25, -0.2) is 13.1 Å². The van der Waals surface area contributed by atoms with Crippen LogP contribution in [0, 0.1) is 0 Å². The Balaban J connectivity index is 2.08. The zero-order valence-corrected chi connectivity index (χ0v) is 16.5. The fourth-order valence-corrected chi connectivity index (χ4v) is 3.17. The Morgan fingerprint density at radius 3 is 2.07 bits per heavy atom. The van der Waals surface area contributed by atoms with Crippen molar-refractivity contribution in [2.45, 2.75) is 11.8 Å². The molecule has 158 valence electrons. The van der Waals surface area contributed by atoms with Crippen LogP contribution in [0.15, 0.2) is 47.5 Å². The van der Waals surface area contributed by atoms with Gasteiger partial charge in [-0.2, -0.15) is 0 Å². The molecule has 11 nitrogen and oxygen atoms in total. The van der Waals surface area contributed by atoms with E-state index in [0.717, 1.165) is 12.3 Å². The average Bonchev–Trinajstić information content (AvgIpc) is 2.72. The second-order valence-corrected chi connectivity index (χ2v) is 7.51. The maximum Gasteiger partial charge on any atom is 0.322 e. The molecule has 0 aliphatic heterocycles. The second kappa shape index (κ2) is 9.60. The van der Waals surface area contributed by atoms with Crippen molar-refractivity contribution in [3.05, 3.63) is 59.4 Å². The van der Waals surface area contributed by atoms with Crippen LogP contribution in [0.2, 0.25) is 0 Å². The predicted octanol–water partition coefficient (Wildman–Crippen LogP) is -0.236. The van der Waals surface area contributed by atoms with Gasteiger partial charge >= 0.3 is 5.97 Å². The van der Waals surface area contributed by atoms with Crippen molar-refractivity contribution < 1.29 is 32.7 Å². The Hall–Kier alpha value is -3.80. The van der Waals surface area contributed by atoms with E-state index in [4.69, 9.17) is 5.11 Å². The molecule has 0 spiro atoms. The molecule has 1 aromatic heterocycles. The molecule has 30 heavy (non-hydrogen) atoms. The highest BCUT2D eigenvalue weighted by molar-refractivity contribution is 7.90. The van der Waals surface area contributed by atoms with Gasteiger partial charge in [0.1, 0.15) is 12.2 Å². The minimum Gasteiger partial charge on any atom is -0.480 e. The smallest absolute Gasteiger partial charge is 0.322 e. The summed E-state index contributed by atoms with van der Waals surface area (Å²) in [5, 5.41) is 13.2. The Labute approximate surface area is 171 Å². The summed E-state index contributed by atoms with van der Waals surface area (Å²) >= 11 is 0. The largest absolute Gasteiger partial charge is 0.480 e. The number of carbonyl (C=O) groups excluding carboxylic acids is 3. The van der Waals surface area contributed by atoms with E-state index in [-0.39, 0.29) is 27.6 Å². The molecule has 1 heterocycles. The number of hydrogen-bond acceptors (Lipinski definition) is 7. The van der Waals surface area contributed by atoms with Gasteiger partial charge in [-0.15, -0.1) is 0 Å². The second-order valence-electron chi connectivity index (χ2n) is 5.83. The number of rotatable bonds is 8. The summed E-state index contributed by atoms with van der Waals surface area (Å²) in [5.41, 5.74) is -0.00741. The molecule has 12 heteroatoms. The van der Waals surface area contributed by atoms with E-state index in [1.165, 1.54) is 30.3 Å². The third-order valence-electron chi connectivity index (χ3n) is 3.65. The van der Waals surface area contributed by atoms with Crippen LogP contribution in [0.3, 0.4) is 0 Å². The van der Waals surface area contributed by atoms with Crippen LogP contribution >= 0.6 is 0 Å². The van der Waals surface area contributed by atoms with Crippen molar-refractivity contribution >= 4 is 33.7 Å². The summed E-state index contributed by atoms with van der Waals surface area (Å²) < 4.78 is 26.6. The van der Waals surface area contributed by atoms with Crippen LogP contribution < -0.4 is 15.4 Å². The van der Waals surface area contributed by atoms with Gasteiger partial charge in [0.2, 0.25) is 0 Å². The fraction of sp³-hybridized carbons (Fsp3) is 0.167. The monoisotopic (exact) mass is 434 g/mol. The van der Waals surface area contributed by atoms with E-state index >= 15 is 0 Å². The Morgan fingerprint density at radius 1 is 0.900 bits per heavy atom. The molecule has 0 bridgehead atoms. The summed E-state index contributed by atoms with van der Waals surface area (Å²) in [6.07, 6.45) is 0.985. The van der Waals surface area contributed by atoms with E-state index in [1.807, 2.05) is 4.72 Å². The first-order valence-electron chi connectivity index (χ1n) is 8.55. The molecule has 1 aromatic carbocycles. The van der Waals surface area contributed by atoms with Crippen molar-refractivity contribution in [1.82, 2.24) is 20.3 Å². The van der Waals surface area contributed by atoms with E-state index in [9.17, 15) is 27.6 Å². The maximum atomic E-state index is 12.4. The number of nitrogens with zero attached hydrogens (tertiary/aromatic N) is 1. The highest BCUT2D eigenvalue weighted by atomic mass is 32.2. The summed E-state index contributed by atoms with van der Waals surface area (Å²) in [6, 6.07) is 7.33. The summed E-state index contributed by atoms with van der Waals surface area (Å²) in [7, 11) is -4.21. The molecule has 3 amide bonds. The number of carbonyl (C=O) groups is 4. The van der Waals surface area contributed by atoms with Crippen LogP contribution in [0.1, 0.15) is 38.1 Å². The number of amides is 3. The molecular formula is C18H18N4O7S. The molecule has 0 saturated heterocycles. The lowest BCUT2D eigenvalue weighted by Gasteiger charge is -2.08. The van der Waals surface area contributed by atoms with E-state index in [0.29, 0.717) is 6.54 Å². The third kappa shape index (κ3) is 5.85. The van der Waals surface area contributed by atoms with Crippen molar-refractivity contribution in [3.8, 4) is 0 Å². The molecule has 0 radical (unpaired) electrons. The molecule has 0 aliphatic rings. The molecule has 4 N–H and O–H groups in total. The lowest BCUT2D eigenvalue weighted by atomic mass is 10.2. The van der Waals surface area contributed by atoms with Crippen LogP contribution in [0.25, 0.3) is 0 Å². The number of nitrogens with one attached hydrogen (secondary N) is 3. The number of aromatic nitrogens is 1. The Morgan fingerprint density at radius 2 is 1.53 bits per heavy atom. The van der Waals surface area contributed by atoms with E-state index < -0.39 is 34.4 Å². The van der Waals surface area contributed by atoms with Gasteiger partial charge in [-0.3, -0.25) is 24.2 Å². The van der Waals surface area contributed by atoms with Gasteiger partial charge in [0.05, 0.1) is 10.5 Å². The van der Waals surface area contributed by atoms with Gasteiger partial charge in [-0.05, 0) is 43.3 Å². The summed E-state index contributed by atoms with van der Waals surface area (Å²) in [6.45, 7) is 1.57. The number of benzene rings is 1. The first-order chi connectivity index (χ1) is 14.1. The molecule has 0 fully saturated rings. The minimum absolute atomic E-state index is 0.132. The summed E-state index contributed by atoms with van der Waals surface area (Å²) in [4.78, 5) is 49.6. The van der Waals surface area contributed by atoms with Gasteiger partial charge in [0, 0.05) is 18.3 Å². The topological polar surface area (TPSA) is 172 Å². The zero-order valence-electron chi connectivity index (χ0n) is 15.7. The Bertz CT molecular complexity index is 1060. The number of carboxylic acid groups (broad SMARTS) is 1. The maximum absolute atomic E-state index is 12.4. The van der Waals surface area contributed by atoms with Crippen molar-refractivity contribution in [3.63, 3.8) is 0 Å². The molecule has 0 unspecified atom stereocenters. The lowest BCUT2D eigenvalue weighted by Crippen LogP contribution is -2.31. The van der Waals surface area contributed by atoms with Gasteiger partial charge in [0.15, 0.2) is 0 Å². The van der Waals surface area contributed by atoms with Crippen LogP contribution in [0.4, 0.5) is 0 Å². The zero-order chi connectivity index (χ0) is 22.3. The quantitative estimate of drug-likeness (QED) is 0.441. The summed E-state index contributed by atoms with van der Waals surface area (Å²) in [5.74, 6) is -3.33. The van der Waals surface area contributed by atoms with Crippen LogP contribution in [-0.2, 0) is 14.8 Å². The lowest BCUT2D eigenvalue weighted by molar-refractivity contribution is -0.135. The highest BCUT2D eigenvalue weighted by Gasteiger charge is 2.20. The van der Waals surface area contributed by atoms with Crippen LogP contribution in [0.5, 0.6) is 0 Å². The molecular weight excluding hydrogens is 416 g/mol. The normalized spacial score (nSPS) is 10.7. The fourth-order valence-electron chi connectivity index (χ4n) is 2.20. The van der Waals surface area contributed by atoms with Crippen molar-refractivity contribution in [2.75, 3.05) is 13.1 Å². The van der Waals surface area contributed by atoms with Gasteiger partial charge < -0.3 is 15.7 Å². The Kier molecular flexibility index (Phi) is 7.20. The van der Waals surface area contributed by atoms with Crippen molar-refractivity contribution in [2.24, 2.45) is 0 Å².